The molecule has 1 N–H and O–H groups in total. The molecule has 6 heteroatoms. The highest BCUT2D eigenvalue weighted by molar-refractivity contribution is 5.85. The average Bonchev–Trinajstić information content (AvgIpc) is 2.02. The van der Waals surface area contributed by atoms with Crippen LogP contribution in [0.15, 0.2) is 0 Å². The van der Waals surface area contributed by atoms with E-state index in [2.05, 4.69) is 0 Å². The number of hydrogen-bond acceptors (Lipinski definition) is 3. The predicted molar refractivity (Wildman–Crippen MR) is 42.7 cm³/mol. The van der Waals surface area contributed by atoms with Crippen LogP contribution in [0.4, 0.5) is 13.2 Å². The zero-order valence-corrected chi connectivity index (χ0v) is 7.55. The molecule has 3 nitrogen and oxygen atoms in total. The van der Waals surface area contributed by atoms with E-state index in [1.165, 1.54) is 4.90 Å². The van der Waals surface area contributed by atoms with Crippen LogP contribution in [0.2, 0.25) is 0 Å². The van der Waals surface area contributed by atoms with Crippen molar-refractivity contribution in [2.24, 2.45) is 0 Å². The van der Waals surface area contributed by atoms with Gasteiger partial charge in [-0.05, 0) is 19.4 Å². The summed E-state index contributed by atoms with van der Waals surface area (Å²) < 4.78 is 35.6. The molecule has 1 rings (SSSR count). The quantitative estimate of drug-likeness (QED) is 0.726. The van der Waals surface area contributed by atoms with Gasteiger partial charge in [-0.25, -0.2) is 0 Å². The van der Waals surface area contributed by atoms with Gasteiger partial charge in [-0.15, -0.1) is 0 Å². The van der Waals surface area contributed by atoms with Gasteiger partial charge < -0.3 is 5.11 Å². The number of aliphatic hydroxyl groups is 1. The third-order valence-electron chi connectivity index (χ3n) is 2.16. The molecule has 0 spiro atoms. The number of rotatable bonds is 2. The van der Waals surface area contributed by atoms with Gasteiger partial charge in [0.1, 0.15) is 0 Å². The fraction of sp³-hybridized carbons (Fsp3) is 0.875. The molecule has 1 aliphatic rings. The Morgan fingerprint density at radius 2 is 2.14 bits per heavy atom. The molecule has 14 heavy (non-hydrogen) atoms. The molecule has 0 saturated carbocycles. The zero-order chi connectivity index (χ0) is 10.8. The molecule has 0 radical (unpaired) electrons. The van der Waals surface area contributed by atoms with Gasteiger partial charge in [0, 0.05) is 6.54 Å². The number of halogens is 3. The summed E-state index contributed by atoms with van der Waals surface area (Å²) in [7, 11) is 0. The number of ketones is 1. The number of likely N-dealkylation sites (tertiary alicyclic amines) is 1. The molecule has 1 fully saturated rings. The van der Waals surface area contributed by atoms with Crippen LogP contribution in [0.25, 0.3) is 0 Å². The molecule has 0 aromatic heterocycles. The lowest BCUT2D eigenvalue weighted by molar-refractivity contribution is -0.172. The molecule has 1 atom stereocenters. The minimum absolute atomic E-state index is 0.155. The van der Waals surface area contributed by atoms with Crippen LogP contribution < -0.4 is 0 Å². The van der Waals surface area contributed by atoms with Gasteiger partial charge in [0.15, 0.2) is 0 Å². The average molecular weight is 211 g/mol. The Kier molecular flexibility index (Phi) is 3.49. The standard InChI is InChI=1S/C8H12F3NO2/c9-8(10,11)7(14)5-12-3-1-2-6(13)4-12/h6,13H,1-5H2/t6-/m1/s1. The number of β-amino-alcohol motifs (C(OH)–C–C–N with tert-alkyl or cyclic N) is 1. The molecule has 0 aromatic rings. The first-order valence-electron chi connectivity index (χ1n) is 4.40. The SMILES string of the molecule is O=C(CN1CCC[C@@H](O)C1)C(F)(F)F. The zero-order valence-electron chi connectivity index (χ0n) is 7.55. The van der Waals surface area contributed by atoms with Gasteiger partial charge in [0.05, 0.1) is 12.6 Å². The van der Waals surface area contributed by atoms with Gasteiger partial charge in [-0.1, -0.05) is 0 Å². The highest BCUT2D eigenvalue weighted by Gasteiger charge is 2.39. The van der Waals surface area contributed by atoms with Crippen molar-refractivity contribution in [3.05, 3.63) is 0 Å². The van der Waals surface area contributed by atoms with Crippen LogP contribution in [0.1, 0.15) is 12.8 Å². The minimum Gasteiger partial charge on any atom is -0.392 e. The van der Waals surface area contributed by atoms with E-state index >= 15 is 0 Å². The van der Waals surface area contributed by atoms with Crippen molar-refractivity contribution in [2.45, 2.75) is 25.1 Å². The second kappa shape index (κ2) is 4.27. The van der Waals surface area contributed by atoms with Crippen LogP contribution in [0, 0.1) is 0 Å². The summed E-state index contributed by atoms with van der Waals surface area (Å²) >= 11 is 0. The Labute approximate surface area is 79.5 Å². The summed E-state index contributed by atoms with van der Waals surface area (Å²) in [5.41, 5.74) is 0. The monoisotopic (exact) mass is 211 g/mol. The topological polar surface area (TPSA) is 40.5 Å². The van der Waals surface area contributed by atoms with E-state index in [1.54, 1.807) is 0 Å². The van der Waals surface area contributed by atoms with Gasteiger partial charge in [0.2, 0.25) is 5.78 Å². The second-order valence-corrected chi connectivity index (χ2v) is 3.45. The number of nitrogens with zero attached hydrogens (tertiary/aromatic N) is 1. The van der Waals surface area contributed by atoms with Gasteiger partial charge in [-0.2, -0.15) is 13.2 Å². The van der Waals surface area contributed by atoms with Crippen LogP contribution in [0.5, 0.6) is 0 Å². The maximum atomic E-state index is 11.9. The summed E-state index contributed by atoms with van der Waals surface area (Å²) in [6, 6.07) is 0. The van der Waals surface area contributed by atoms with E-state index in [-0.39, 0.29) is 6.54 Å². The van der Waals surface area contributed by atoms with Crippen LogP contribution >= 0.6 is 0 Å². The van der Waals surface area contributed by atoms with Crippen molar-refractivity contribution >= 4 is 5.78 Å². The van der Waals surface area contributed by atoms with Gasteiger partial charge in [-0.3, -0.25) is 9.69 Å². The van der Waals surface area contributed by atoms with Crippen molar-refractivity contribution in [2.75, 3.05) is 19.6 Å². The minimum atomic E-state index is -4.76. The molecule has 0 aromatic carbocycles. The van der Waals surface area contributed by atoms with E-state index in [4.69, 9.17) is 5.11 Å². The molecule has 0 amide bonds. The first-order chi connectivity index (χ1) is 6.39. The third-order valence-corrected chi connectivity index (χ3v) is 2.16. The van der Waals surface area contributed by atoms with Crippen LogP contribution in [-0.4, -0.2) is 47.7 Å². The lowest BCUT2D eigenvalue weighted by Gasteiger charge is -2.29. The molecule has 1 heterocycles. The van der Waals surface area contributed by atoms with E-state index in [0.717, 1.165) is 0 Å². The first-order valence-corrected chi connectivity index (χ1v) is 4.40. The van der Waals surface area contributed by atoms with E-state index in [9.17, 15) is 18.0 Å². The number of piperidine rings is 1. The summed E-state index contributed by atoms with van der Waals surface area (Å²) in [6.45, 7) is -0.0404. The first kappa shape index (κ1) is 11.5. The maximum Gasteiger partial charge on any atom is 0.451 e. The molecule has 0 aliphatic carbocycles. The van der Waals surface area contributed by atoms with E-state index in [1.807, 2.05) is 0 Å². The Bertz CT molecular complexity index is 217. The number of carbonyl (C=O) groups is 1. The molecule has 1 saturated heterocycles. The Morgan fingerprint density at radius 3 is 2.64 bits per heavy atom. The molecule has 0 unspecified atom stereocenters. The van der Waals surface area contributed by atoms with E-state index < -0.39 is 24.6 Å². The summed E-state index contributed by atoms with van der Waals surface area (Å²) in [4.78, 5) is 11.9. The van der Waals surface area contributed by atoms with Crippen molar-refractivity contribution < 1.29 is 23.1 Å². The number of Topliss-reactive ketones (excluding diaryl/α,β-unsaturated/α-hetero) is 1. The number of carbonyl (C=O) groups excluding carboxylic acids is 1. The van der Waals surface area contributed by atoms with E-state index in [0.29, 0.717) is 19.4 Å². The Hall–Kier alpha value is -0.620. The largest absolute Gasteiger partial charge is 0.451 e. The molecular weight excluding hydrogens is 199 g/mol. The highest BCUT2D eigenvalue weighted by atomic mass is 19.4. The summed E-state index contributed by atoms with van der Waals surface area (Å²) in [5, 5.41) is 9.16. The fourth-order valence-electron chi connectivity index (χ4n) is 1.47. The Balaban J connectivity index is 2.40. The lowest BCUT2D eigenvalue weighted by Crippen LogP contribution is -2.44. The molecule has 82 valence electrons. The Morgan fingerprint density at radius 1 is 1.50 bits per heavy atom. The smallest absolute Gasteiger partial charge is 0.392 e. The molecular formula is C8H12F3NO2. The predicted octanol–water partition coefficient (Wildman–Crippen LogP) is 0.575. The summed E-state index contributed by atoms with van der Waals surface area (Å²) in [5.74, 6) is -1.74. The number of hydrogen-bond donors (Lipinski definition) is 1. The van der Waals surface area contributed by atoms with Crippen molar-refractivity contribution in [3.8, 4) is 0 Å². The molecule has 0 bridgehead atoms. The van der Waals surface area contributed by atoms with Crippen LogP contribution in [0.3, 0.4) is 0 Å². The fourth-order valence-corrected chi connectivity index (χ4v) is 1.47. The van der Waals surface area contributed by atoms with Gasteiger partial charge in [0.25, 0.3) is 0 Å². The normalized spacial score (nSPS) is 25.0. The van der Waals surface area contributed by atoms with Crippen molar-refractivity contribution in [1.82, 2.24) is 4.90 Å². The highest BCUT2D eigenvalue weighted by Crippen LogP contribution is 2.18. The number of alkyl halides is 3. The van der Waals surface area contributed by atoms with Gasteiger partial charge >= 0.3 is 6.18 Å². The molecule has 1 aliphatic heterocycles. The lowest BCUT2D eigenvalue weighted by atomic mass is 10.1. The summed E-state index contributed by atoms with van der Waals surface area (Å²) in [6.07, 6.45) is -4.14. The number of aliphatic hydroxyl groups excluding tert-OH is 1. The third kappa shape index (κ3) is 3.26. The second-order valence-electron chi connectivity index (χ2n) is 3.45. The van der Waals surface area contributed by atoms with Crippen molar-refractivity contribution in [3.63, 3.8) is 0 Å². The maximum absolute atomic E-state index is 11.9. The van der Waals surface area contributed by atoms with Crippen LogP contribution in [-0.2, 0) is 4.79 Å². The van der Waals surface area contributed by atoms with Crippen molar-refractivity contribution in [1.29, 1.82) is 0 Å².